The third kappa shape index (κ3) is 2.70. The first kappa shape index (κ1) is 15.3. The van der Waals surface area contributed by atoms with E-state index in [1.807, 2.05) is 41.1 Å². The fourth-order valence-electron chi connectivity index (χ4n) is 3.09. The lowest BCUT2D eigenvalue weighted by Gasteiger charge is -2.31. The molecule has 1 aliphatic heterocycles. The van der Waals surface area contributed by atoms with Crippen molar-refractivity contribution in [3.63, 3.8) is 0 Å². The van der Waals surface area contributed by atoms with Crippen LogP contribution in [0.15, 0.2) is 48.5 Å². The summed E-state index contributed by atoms with van der Waals surface area (Å²) in [6, 6.07) is 16.0. The molecule has 3 N–H and O–H groups in total. The zero-order valence-electron chi connectivity index (χ0n) is 12.7. The summed E-state index contributed by atoms with van der Waals surface area (Å²) in [6.45, 7) is 0. The minimum atomic E-state index is 0.0427. The van der Waals surface area contributed by atoms with E-state index >= 15 is 0 Å². The van der Waals surface area contributed by atoms with Crippen molar-refractivity contribution >= 4 is 35.1 Å². The second-order valence-electron chi connectivity index (χ2n) is 5.77. The lowest BCUT2D eigenvalue weighted by atomic mass is 9.93. The molecule has 0 saturated heterocycles. The number of hydrogen-bond acceptors (Lipinski definition) is 4. The number of aromatic nitrogens is 3. The molecule has 2 atom stereocenters. The van der Waals surface area contributed by atoms with Gasteiger partial charge in [-0.15, -0.1) is 5.10 Å². The fraction of sp³-hybridized carbons (Fsp3) is 0.176. The van der Waals surface area contributed by atoms with Gasteiger partial charge in [-0.25, -0.2) is 4.68 Å². The maximum atomic E-state index is 6.18. The van der Waals surface area contributed by atoms with Gasteiger partial charge in [-0.3, -0.25) is 0 Å². The molecular weight excluding hydrogens is 345 g/mol. The number of fused-ring (bicyclic) bond motifs is 1. The Morgan fingerprint density at radius 2 is 1.83 bits per heavy atom. The van der Waals surface area contributed by atoms with Gasteiger partial charge in [0.1, 0.15) is 0 Å². The van der Waals surface area contributed by atoms with E-state index in [2.05, 4.69) is 27.5 Å². The Morgan fingerprint density at radius 3 is 2.58 bits per heavy atom. The van der Waals surface area contributed by atoms with Crippen LogP contribution in [0.4, 0.5) is 11.9 Å². The maximum Gasteiger partial charge on any atom is 0.241 e. The van der Waals surface area contributed by atoms with Gasteiger partial charge < -0.3 is 11.1 Å². The first-order valence-electron chi connectivity index (χ1n) is 7.60. The van der Waals surface area contributed by atoms with Gasteiger partial charge in [-0.05, 0) is 29.7 Å². The van der Waals surface area contributed by atoms with Crippen LogP contribution in [-0.2, 0) is 0 Å². The molecule has 0 unspecified atom stereocenters. The monoisotopic (exact) mass is 359 g/mol. The summed E-state index contributed by atoms with van der Waals surface area (Å²) in [4.78, 5) is 4.30. The number of anilines is 2. The average Bonchev–Trinajstić information content (AvgIpc) is 2.97. The van der Waals surface area contributed by atoms with Crippen LogP contribution in [0, 0.1) is 0 Å². The summed E-state index contributed by atoms with van der Waals surface area (Å²) in [7, 11) is 0. The van der Waals surface area contributed by atoms with Gasteiger partial charge in [0.15, 0.2) is 0 Å². The summed E-state index contributed by atoms with van der Waals surface area (Å²) in [5.74, 6) is 0.914. The Hall–Kier alpha value is -2.24. The number of nitrogens with zero attached hydrogens (tertiary/aromatic N) is 3. The fourth-order valence-corrected chi connectivity index (χ4v) is 3.40. The average molecular weight is 360 g/mol. The number of nitrogens with one attached hydrogen (secondary N) is 1. The number of nitrogens with two attached hydrogens (primary N) is 1. The molecule has 0 fully saturated rings. The topological polar surface area (TPSA) is 68.8 Å². The third-order valence-electron chi connectivity index (χ3n) is 4.24. The molecule has 0 amide bonds. The zero-order valence-corrected chi connectivity index (χ0v) is 14.2. The van der Waals surface area contributed by atoms with E-state index in [-0.39, 0.29) is 18.0 Å². The first-order valence-corrected chi connectivity index (χ1v) is 8.36. The largest absolute Gasteiger partial charge is 0.366 e. The van der Waals surface area contributed by atoms with Crippen molar-refractivity contribution in [3.05, 3.63) is 69.7 Å². The SMILES string of the molecule is Nc1nc2n(n1)[C@H](c1ccccc1)C[C@@H](c1ccc(Cl)c(Cl)c1)N2. The lowest BCUT2D eigenvalue weighted by molar-refractivity contribution is 0.431. The van der Waals surface area contributed by atoms with Crippen molar-refractivity contribution in [3.8, 4) is 0 Å². The molecule has 2 aromatic carbocycles. The second-order valence-corrected chi connectivity index (χ2v) is 6.59. The summed E-state index contributed by atoms with van der Waals surface area (Å²) in [5, 5.41) is 8.82. The van der Waals surface area contributed by atoms with Gasteiger partial charge in [-0.1, -0.05) is 59.6 Å². The number of halogens is 2. The standard InChI is InChI=1S/C17H15Cl2N5/c18-12-7-6-11(8-13(12)19)14-9-15(10-4-2-1-3-5-10)24-17(21-14)22-16(20)23-24/h1-8,14-15H,9H2,(H3,20,21,22,23)/t14-,15-/m0/s1. The van der Waals surface area contributed by atoms with Crippen molar-refractivity contribution < 1.29 is 0 Å². The molecule has 1 aromatic heterocycles. The molecule has 1 aliphatic rings. The molecule has 0 saturated carbocycles. The number of nitrogen functional groups attached to an aromatic ring is 1. The highest BCUT2D eigenvalue weighted by Gasteiger charge is 2.30. The van der Waals surface area contributed by atoms with Gasteiger partial charge in [0.25, 0.3) is 0 Å². The van der Waals surface area contributed by atoms with Gasteiger partial charge in [0.05, 0.1) is 22.1 Å². The van der Waals surface area contributed by atoms with Gasteiger partial charge in [-0.2, -0.15) is 4.98 Å². The molecule has 7 heteroatoms. The Labute approximate surface area is 149 Å². The first-order chi connectivity index (χ1) is 11.6. The summed E-state index contributed by atoms with van der Waals surface area (Å²) in [6.07, 6.45) is 0.803. The van der Waals surface area contributed by atoms with E-state index < -0.39 is 0 Å². The number of hydrogen-bond donors (Lipinski definition) is 2. The molecule has 24 heavy (non-hydrogen) atoms. The highest BCUT2D eigenvalue weighted by atomic mass is 35.5. The summed E-state index contributed by atoms with van der Waals surface area (Å²) < 4.78 is 1.85. The van der Waals surface area contributed by atoms with Crippen molar-refractivity contribution in [1.29, 1.82) is 0 Å². The van der Waals surface area contributed by atoms with Gasteiger partial charge in [0.2, 0.25) is 11.9 Å². The van der Waals surface area contributed by atoms with E-state index in [0.717, 1.165) is 17.5 Å². The smallest absolute Gasteiger partial charge is 0.241 e. The van der Waals surface area contributed by atoms with Crippen LogP contribution in [0.1, 0.15) is 29.6 Å². The van der Waals surface area contributed by atoms with E-state index in [1.165, 1.54) is 0 Å². The van der Waals surface area contributed by atoms with Crippen LogP contribution in [0.3, 0.4) is 0 Å². The highest BCUT2D eigenvalue weighted by Crippen LogP contribution is 2.39. The van der Waals surface area contributed by atoms with Crippen molar-refractivity contribution in [2.75, 3.05) is 11.1 Å². The minimum Gasteiger partial charge on any atom is -0.366 e. The van der Waals surface area contributed by atoms with Crippen molar-refractivity contribution in [1.82, 2.24) is 14.8 Å². The van der Waals surface area contributed by atoms with E-state index in [0.29, 0.717) is 16.0 Å². The summed E-state index contributed by atoms with van der Waals surface area (Å²) in [5.41, 5.74) is 8.02. The normalized spacial score (nSPS) is 19.6. The number of rotatable bonds is 2. The molecule has 0 bridgehead atoms. The molecular formula is C17H15Cl2N5. The van der Waals surface area contributed by atoms with Crippen LogP contribution in [0.2, 0.25) is 10.0 Å². The molecule has 0 aliphatic carbocycles. The van der Waals surface area contributed by atoms with E-state index in [1.54, 1.807) is 0 Å². The molecule has 3 aromatic rings. The molecule has 0 radical (unpaired) electrons. The molecule has 122 valence electrons. The van der Waals surface area contributed by atoms with Crippen LogP contribution >= 0.6 is 23.2 Å². The molecule has 4 rings (SSSR count). The lowest BCUT2D eigenvalue weighted by Crippen LogP contribution is -2.28. The summed E-state index contributed by atoms with van der Waals surface area (Å²) >= 11 is 12.2. The van der Waals surface area contributed by atoms with Crippen LogP contribution < -0.4 is 11.1 Å². The minimum absolute atomic E-state index is 0.0427. The third-order valence-corrected chi connectivity index (χ3v) is 4.97. The van der Waals surface area contributed by atoms with Gasteiger partial charge >= 0.3 is 0 Å². The molecule has 0 spiro atoms. The molecule has 2 heterocycles. The molecule has 5 nitrogen and oxygen atoms in total. The van der Waals surface area contributed by atoms with Crippen molar-refractivity contribution in [2.24, 2.45) is 0 Å². The van der Waals surface area contributed by atoms with E-state index in [4.69, 9.17) is 28.9 Å². The Bertz CT molecular complexity index is 878. The highest BCUT2D eigenvalue weighted by molar-refractivity contribution is 6.42. The van der Waals surface area contributed by atoms with E-state index in [9.17, 15) is 0 Å². The van der Waals surface area contributed by atoms with Crippen LogP contribution in [0.25, 0.3) is 0 Å². The quantitative estimate of drug-likeness (QED) is 0.714. The predicted molar refractivity (Wildman–Crippen MR) is 96.5 cm³/mol. The van der Waals surface area contributed by atoms with Crippen LogP contribution in [0.5, 0.6) is 0 Å². The Morgan fingerprint density at radius 1 is 1.04 bits per heavy atom. The van der Waals surface area contributed by atoms with Crippen molar-refractivity contribution in [2.45, 2.75) is 18.5 Å². The second kappa shape index (κ2) is 6.00. The zero-order chi connectivity index (χ0) is 16.7. The number of benzene rings is 2. The Kier molecular flexibility index (Phi) is 3.82. The van der Waals surface area contributed by atoms with Crippen LogP contribution in [-0.4, -0.2) is 14.8 Å². The predicted octanol–water partition coefficient (Wildman–Crippen LogP) is 4.31. The maximum absolute atomic E-state index is 6.18. The van der Waals surface area contributed by atoms with Gasteiger partial charge in [0, 0.05) is 0 Å². The Balaban J connectivity index is 1.76.